The third-order valence-electron chi connectivity index (χ3n) is 6.08. The van der Waals surface area contributed by atoms with Crippen LogP contribution < -0.4 is 5.32 Å². The second kappa shape index (κ2) is 8.44. The zero-order chi connectivity index (χ0) is 18.6. The number of hydrogen-bond donors (Lipinski definition) is 2. The molecule has 1 aliphatic heterocycles. The van der Waals surface area contributed by atoms with Crippen LogP contribution in [0.5, 0.6) is 0 Å². The van der Waals surface area contributed by atoms with E-state index in [1.54, 1.807) is 6.20 Å². The van der Waals surface area contributed by atoms with Gasteiger partial charge in [0.15, 0.2) is 0 Å². The zero-order valence-electron chi connectivity index (χ0n) is 15.6. The minimum absolute atomic E-state index is 0.0427. The fourth-order valence-corrected chi connectivity index (χ4v) is 5.33. The summed E-state index contributed by atoms with van der Waals surface area (Å²) in [6.45, 7) is 3.66. The van der Waals surface area contributed by atoms with Crippen LogP contribution >= 0.6 is 12.2 Å². The van der Waals surface area contributed by atoms with Crippen molar-refractivity contribution in [3.8, 4) is 0 Å². The Morgan fingerprint density at radius 1 is 1.35 bits per heavy atom. The summed E-state index contributed by atoms with van der Waals surface area (Å²) in [4.78, 5) is 16.6. The Morgan fingerprint density at radius 2 is 2.12 bits per heavy atom. The number of thiocarbonyl (C=S) groups is 1. The quantitative estimate of drug-likeness (QED) is 0.609. The highest BCUT2D eigenvalue weighted by atomic mass is 32.1. The van der Waals surface area contributed by atoms with Crippen LogP contribution in [0.4, 0.5) is 0 Å². The summed E-state index contributed by atoms with van der Waals surface area (Å²) in [5, 5.41) is 14.4. The van der Waals surface area contributed by atoms with E-state index in [4.69, 9.17) is 12.2 Å². The summed E-state index contributed by atoms with van der Waals surface area (Å²) >= 11 is 5.85. The SMILES string of the molecule is CCC[N+]1(C(=S)NC2CCCCC2)CCC(c2cccnc2)[C@H]1C(=O)O. The highest BCUT2D eigenvalue weighted by Crippen LogP contribution is 2.40. The molecule has 1 saturated heterocycles. The average Bonchev–Trinajstić information content (AvgIpc) is 3.04. The lowest BCUT2D eigenvalue weighted by Crippen LogP contribution is -2.64. The first-order valence-electron chi connectivity index (χ1n) is 9.89. The average molecular weight is 377 g/mol. The minimum atomic E-state index is -0.752. The maximum atomic E-state index is 12.3. The first-order chi connectivity index (χ1) is 12.6. The summed E-state index contributed by atoms with van der Waals surface area (Å²) in [6.07, 6.45) is 11.3. The van der Waals surface area contributed by atoms with E-state index in [1.807, 2.05) is 18.3 Å². The number of nitrogens with one attached hydrogen (secondary N) is 1. The molecular formula is C20H30N3O2S+. The van der Waals surface area contributed by atoms with Gasteiger partial charge >= 0.3 is 5.97 Å². The van der Waals surface area contributed by atoms with E-state index in [2.05, 4.69) is 17.2 Å². The van der Waals surface area contributed by atoms with Crippen molar-refractivity contribution in [2.24, 2.45) is 0 Å². The van der Waals surface area contributed by atoms with E-state index < -0.39 is 12.0 Å². The number of hydrogen-bond acceptors (Lipinski definition) is 3. The molecule has 1 aromatic rings. The predicted octanol–water partition coefficient (Wildman–Crippen LogP) is 3.46. The van der Waals surface area contributed by atoms with E-state index in [0.29, 0.717) is 10.5 Å². The number of quaternary nitrogens is 1. The molecule has 3 rings (SSSR count). The van der Waals surface area contributed by atoms with E-state index in [1.165, 1.54) is 19.3 Å². The van der Waals surface area contributed by atoms with Gasteiger partial charge in [0.1, 0.15) is 0 Å². The monoisotopic (exact) mass is 376 g/mol. The van der Waals surface area contributed by atoms with Crippen molar-refractivity contribution >= 4 is 23.3 Å². The fourth-order valence-electron chi connectivity index (χ4n) is 4.87. The van der Waals surface area contributed by atoms with Gasteiger partial charge in [0.2, 0.25) is 6.04 Å². The summed E-state index contributed by atoms with van der Waals surface area (Å²) < 4.78 is 0.386. The molecule has 6 heteroatoms. The highest BCUT2D eigenvalue weighted by Gasteiger charge is 2.55. The number of aliphatic carboxylic acids is 1. The van der Waals surface area contributed by atoms with E-state index >= 15 is 0 Å². The van der Waals surface area contributed by atoms with Crippen LogP contribution in [0.1, 0.15) is 63.4 Å². The summed E-state index contributed by atoms with van der Waals surface area (Å²) in [5.41, 5.74) is 1.01. The van der Waals surface area contributed by atoms with Crippen LogP contribution in [-0.4, -0.2) is 50.8 Å². The lowest BCUT2D eigenvalue weighted by atomic mass is 9.92. The first-order valence-corrected chi connectivity index (χ1v) is 10.3. The molecule has 142 valence electrons. The molecule has 0 bridgehead atoms. The highest BCUT2D eigenvalue weighted by molar-refractivity contribution is 7.79. The fraction of sp³-hybridized carbons (Fsp3) is 0.650. The minimum Gasteiger partial charge on any atom is -0.477 e. The molecule has 1 aliphatic carbocycles. The normalized spacial score (nSPS) is 29.4. The number of aromatic nitrogens is 1. The summed E-state index contributed by atoms with van der Waals surface area (Å²) in [7, 11) is 0. The summed E-state index contributed by atoms with van der Waals surface area (Å²) in [5.74, 6) is -0.795. The molecule has 2 fully saturated rings. The van der Waals surface area contributed by atoms with Gasteiger partial charge in [0, 0.05) is 37.1 Å². The Hall–Kier alpha value is -1.53. The Bertz CT molecular complexity index is 633. The molecule has 1 aromatic heterocycles. The van der Waals surface area contributed by atoms with Gasteiger partial charge in [-0.2, -0.15) is 0 Å². The molecule has 0 amide bonds. The van der Waals surface area contributed by atoms with Gasteiger partial charge in [-0.1, -0.05) is 32.3 Å². The van der Waals surface area contributed by atoms with Crippen LogP contribution in [0.3, 0.4) is 0 Å². The second-order valence-electron chi connectivity index (χ2n) is 7.73. The van der Waals surface area contributed by atoms with Gasteiger partial charge in [-0.25, -0.2) is 4.79 Å². The largest absolute Gasteiger partial charge is 0.477 e. The van der Waals surface area contributed by atoms with Gasteiger partial charge in [0.05, 0.1) is 19.0 Å². The van der Waals surface area contributed by atoms with E-state index in [0.717, 1.165) is 49.4 Å². The van der Waals surface area contributed by atoms with Crippen LogP contribution in [0.15, 0.2) is 24.5 Å². The molecule has 0 spiro atoms. The molecular weight excluding hydrogens is 346 g/mol. The molecule has 5 nitrogen and oxygen atoms in total. The molecule has 0 radical (unpaired) electrons. The molecule has 26 heavy (non-hydrogen) atoms. The Kier molecular flexibility index (Phi) is 6.24. The predicted molar refractivity (Wildman–Crippen MR) is 106 cm³/mol. The molecule has 1 saturated carbocycles. The Labute approximate surface area is 161 Å². The van der Waals surface area contributed by atoms with Crippen LogP contribution in [0.25, 0.3) is 0 Å². The molecule has 0 aromatic carbocycles. The standard InChI is InChI=1S/C20H29N3O2S/c1-2-12-23(20(26)22-16-8-4-3-5-9-16)13-10-17(18(23)19(24)25)15-7-6-11-21-14-15/h6-7,11,14,16-18H,2-5,8-10,12-13H2,1H3,(H-,22,24,25,26)/p+1/t17?,18-,23?/m0/s1. The van der Waals surface area contributed by atoms with Gasteiger partial charge in [0.25, 0.3) is 5.11 Å². The first kappa shape index (κ1) is 19.2. The van der Waals surface area contributed by atoms with Crippen molar-refractivity contribution in [2.45, 2.75) is 69.9 Å². The molecule has 2 heterocycles. The van der Waals surface area contributed by atoms with Crippen LogP contribution in [-0.2, 0) is 4.79 Å². The van der Waals surface area contributed by atoms with Crippen molar-refractivity contribution in [3.05, 3.63) is 30.1 Å². The summed E-state index contributed by atoms with van der Waals surface area (Å²) in [6, 6.07) is 3.74. The molecule has 2 N–H and O–H groups in total. The van der Waals surface area contributed by atoms with Crippen molar-refractivity contribution in [1.29, 1.82) is 0 Å². The number of likely N-dealkylation sites (tertiary alicyclic amines) is 1. The third kappa shape index (κ3) is 3.76. The lowest BCUT2D eigenvalue weighted by molar-refractivity contribution is -0.846. The number of nitrogens with zero attached hydrogens (tertiary/aromatic N) is 2. The number of carboxylic acids is 1. The second-order valence-corrected chi connectivity index (χ2v) is 8.12. The lowest BCUT2D eigenvalue weighted by Gasteiger charge is -2.40. The van der Waals surface area contributed by atoms with Crippen molar-refractivity contribution in [3.63, 3.8) is 0 Å². The number of carboxylic acid groups (broad SMARTS) is 1. The Balaban J connectivity index is 1.88. The molecule has 2 unspecified atom stereocenters. The molecule has 3 atom stereocenters. The topological polar surface area (TPSA) is 62.2 Å². The molecule has 2 aliphatic rings. The van der Waals surface area contributed by atoms with Gasteiger partial charge < -0.3 is 10.4 Å². The Morgan fingerprint density at radius 3 is 2.73 bits per heavy atom. The third-order valence-corrected chi connectivity index (χ3v) is 6.56. The van der Waals surface area contributed by atoms with E-state index in [9.17, 15) is 9.90 Å². The van der Waals surface area contributed by atoms with Gasteiger partial charge in [-0.3, -0.25) is 9.47 Å². The zero-order valence-corrected chi connectivity index (χ0v) is 16.4. The maximum absolute atomic E-state index is 12.3. The van der Waals surface area contributed by atoms with Crippen molar-refractivity contribution in [1.82, 2.24) is 10.3 Å². The van der Waals surface area contributed by atoms with E-state index in [-0.39, 0.29) is 5.92 Å². The smallest absolute Gasteiger partial charge is 0.363 e. The van der Waals surface area contributed by atoms with Crippen LogP contribution in [0.2, 0.25) is 0 Å². The number of rotatable bonds is 5. The van der Waals surface area contributed by atoms with Crippen molar-refractivity contribution in [2.75, 3.05) is 13.1 Å². The van der Waals surface area contributed by atoms with Crippen LogP contribution in [0, 0.1) is 0 Å². The maximum Gasteiger partial charge on any atom is 0.363 e. The van der Waals surface area contributed by atoms with Crippen molar-refractivity contribution < 1.29 is 14.4 Å². The van der Waals surface area contributed by atoms with Gasteiger partial charge in [-0.05, 0) is 30.9 Å². The number of carbonyl (C=O) groups is 1. The van der Waals surface area contributed by atoms with Gasteiger partial charge in [-0.15, -0.1) is 0 Å². The number of pyridine rings is 1.